The molecule has 0 bridgehead atoms. The number of aliphatic hydroxyl groups is 1. The summed E-state index contributed by atoms with van der Waals surface area (Å²) in [6, 6.07) is -9.48. The van der Waals surface area contributed by atoms with E-state index in [2.05, 4.69) is 69.1 Å². The van der Waals surface area contributed by atoms with Gasteiger partial charge < -0.3 is 128 Å². The van der Waals surface area contributed by atoms with Gasteiger partial charge in [0.2, 0.25) is 94.5 Å². The first-order chi connectivity index (χ1) is 53.6. The van der Waals surface area contributed by atoms with E-state index < -0.39 is 267 Å². The van der Waals surface area contributed by atoms with Crippen molar-refractivity contribution in [3.63, 3.8) is 0 Å². The predicted octanol–water partition coefficient (Wildman–Crippen LogP) is -7.61. The third-order valence-electron chi connectivity index (χ3n) is 18.4. The average molecular weight is 1610 g/mol. The van der Waals surface area contributed by atoms with Crippen molar-refractivity contribution in [2.24, 2.45) is 40.5 Å². The lowest BCUT2D eigenvalue weighted by molar-refractivity contribution is -0.143. The zero-order chi connectivity index (χ0) is 85.8. The molecule has 1 saturated heterocycles. The number of aliphatic carboxylic acids is 2. The molecule has 1 aliphatic rings. The minimum atomic E-state index is -1.96. The lowest BCUT2D eigenvalue weighted by atomic mass is 9.96. The molecule has 0 aliphatic carbocycles. The number of nitrogens with one attached hydrogen (secondary N) is 14. The molecule has 1 aliphatic heterocycles. The largest absolute Gasteiger partial charge is 0.508 e. The second-order valence-corrected chi connectivity index (χ2v) is 27.6. The minimum absolute atomic E-state index is 0.00476. The summed E-state index contributed by atoms with van der Waals surface area (Å²) in [5.41, 5.74) is 28.2. The third-order valence-corrected chi connectivity index (χ3v) is 18.4. The van der Waals surface area contributed by atoms with Gasteiger partial charge in [0.05, 0.1) is 25.6 Å². The van der Waals surface area contributed by atoms with Crippen LogP contribution in [0.2, 0.25) is 0 Å². The molecule has 114 heavy (non-hydrogen) atoms. The quantitative estimate of drug-likeness (QED) is 0.0166. The van der Waals surface area contributed by atoms with Crippen molar-refractivity contribution in [3.05, 3.63) is 59.7 Å². The summed E-state index contributed by atoms with van der Waals surface area (Å²) in [5.74, 6) is -21.7. The van der Waals surface area contributed by atoms with Gasteiger partial charge in [-0.2, -0.15) is 0 Å². The molecule has 16 amide bonds. The summed E-state index contributed by atoms with van der Waals surface area (Å²) < 4.78 is 0. The Hall–Kier alpha value is -12.3. The normalized spacial score (nSPS) is 16.0. The van der Waals surface area contributed by atoms with E-state index in [1.165, 1.54) is 67.3 Å². The number of guanidine groups is 1. The van der Waals surface area contributed by atoms with Gasteiger partial charge in [-0.3, -0.25) is 91.7 Å². The molecule has 43 nitrogen and oxygen atoms in total. The number of nitrogens with two attached hydrogens (primary N) is 5. The van der Waals surface area contributed by atoms with Gasteiger partial charge >= 0.3 is 11.9 Å². The first-order valence-corrected chi connectivity index (χ1v) is 36.8. The van der Waals surface area contributed by atoms with E-state index in [9.17, 15) is 112 Å². The molecule has 630 valence electrons. The van der Waals surface area contributed by atoms with E-state index in [4.69, 9.17) is 34.1 Å². The molecule has 2 aromatic rings. The lowest BCUT2D eigenvalue weighted by Crippen LogP contribution is -2.62. The summed E-state index contributed by atoms with van der Waals surface area (Å²) in [6.07, 6.45) is -4.56. The topological polar surface area (TPSA) is 722 Å². The molecule has 3 rings (SSSR count). The Morgan fingerprint density at radius 2 is 0.904 bits per heavy atom. The summed E-state index contributed by atoms with van der Waals surface area (Å²) in [4.78, 5) is 243. The summed E-state index contributed by atoms with van der Waals surface area (Å²) in [7, 11) is 0. The van der Waals surface area contributed by atoms with Crippen LogP contribution in [0.5, 0.6) is 11.5 Å². The van der Waals surface area contributed by atoms with Gasteiger partial charge in [-0.05, 0) is 106 Å². The predicted molar refractivity (Wildman–Crippen MR) is 402 cm³/mol. The van der Waals surface area contributed by atoms with E-state index in [0.717, 1.165) is 6.92 Å². The second kappa shape index (κ2) is 47.8. The molecular weight excluding hydrogens is 1500 g/mol. The van der Waals surface area contributed by atoms with Crippen LogP contribution in [-0.2, 0) is 99.1 Å². The fourth-order valence-corrected chi connectivity index (χ4v) is 11.4. The second-order valence-electron chi connectivity index (χ2n) is 27.6. The van der Waals surface area contributed by atoms with Crippen LogP contribution < -0.4 is 97.8 Å². The number of carboxylic acids is 2. The standard InChI is InChI=1S/C71H108N20O23/c1-7-34(3)56(68(111)84-45(22-25-52(74)96)62(105)87-48(31-53(75)97)63(106)80-37(6)70(113)114)89-66(109)49(33-92)88-64(107)46(29-38-13-17-40(93)18-14-38)86-60(103)42(11-9-27-78-71(76)77)82-61(104)44(21-24-51(73)95)81-54(98)32-79-59(102)43(23-26-55(99)100)83-67(110)50-12-10-28-91(50)69(112)57(35(4)8-2)90-65(108)47(85-58(101)36(5)72)30-39-15-19-41(94)20-16-39/h13-20,34-37,42-50,56-57,92-94H,7-12,21-33,72H2,1-6H3,(H2,73,95)(H2,74,96)(H2,75,97)(H,79,102)(H,80,106)(H,81,98)(H,82,104)(H,83,110)(H,84,111)(H,85,101)(H,86,103)(H,87,105)(H,88,107)(H,89,109)(H,90,108)(H,99,100)(H,113,114)(H4,76,77,78)/t34-,35-,36-,37-,42-,43-,44-,45-,46-,47-,48-,49-,50-,56-,57-/m0/s1. The van der Waals surface area contributed by atoms with Crippen molar-refractivity contribution in [3.8, 4) is 11.5 Å². The number of likely N-dealkylation sites (tertiary alicyclic amines) is 1. The van der Waals surface area contributed by atoms with E-state index >= 15 is 0 Å². The maximum absolute atomic E-state index is 14.7. The smallest absolute Gasteiger partial charge is 0.325 e. The zero-order valence-corrected chi connectivity index (χ0v) is 64.1. The highest BCUT2D eigenvalue weighted by Gasteiger charge is 2.42. The number of phenolic OH excluding ortho intramolecular Hbond substituents is 2. The molecule has 1 heterocycles. The maximum atomic E-state index is 14.7. The van der Waals surface area contributed by atoms with Crippen LogP contribution in [0.3, 0.4) is 0 Å². The van der Waals surface area contributed by atoms with Crippen LogP contribution in [-0.4, -0.2) is 248 Å². The number of rotatable bonds is 50. The number of amides is 16. The SMILES string of the molecule is CC[C@H](C)[C@H](NC(=O)[C@H](CO)NC(=O)[C@H](Cc1ccc(O)cc1)NC(=O)[C@H](CCCNC(=N)N)NC(=O)[C@H](CCC(N)=O)NC(=O)CNC(=O)[C@H](CCC(=O)O)NC(=O)[C@@H]1CCCN1C(=O)[C@@H](NC(=O)[C@H](Cc1ccc(O)cc1)NC(=O)[C@H](C)N)[C@@H](C)CC)C(=O)N[C@@H](CCC(N)=O)C(=O)N[C@@H](CC(N)=O)C(=O)N[C@@H](C)C(=O)O. The number of nitrogens with zero attached hydrogens (tertiary/aromatic N) is 1. The molecule has 15 atom stereocenters. The van der Waals surface area contributed by atoms with E-state index in [0.29, 0.717) is 12.0 Å². The number of hydrogen-bond donors (Lipinski definition) is 24. The summed E-state index contributed by atoms with van der Waals surface area (Å²) in [5, 5.41) is 88.4. The number of carbonyl (C=O) groups excluding carboxylic acids is 16. The Labute approximate surface area is 655 Å². The number of benzene rings is 2. The van der Waals surface area contributed by atoms with Gasteiger partial charge in [0, 0.05) is 45.2 Å². The molecule has 29 N–H and O–H groups in total. The van der Waals surface area contributed by atoms with Crippen molar-refractivity contribution in [2.75, 3.05) is 26.2 Å². The van der Waals surface area contributed by atoms with Crippen LogP contribution >= 0.6 is 0 Å². The Morgan fingerprint density at radius 3 is 1.39 bits per heavy atom. The van der Waals surface area contributed by atoms with E-state index in [1.807, 2.05) is 0 Å². The van der Waals surface area contributed by atoms with Gasteiger partial charge in [-0.15, -0.1) is 0 Å². The number of phenols is 2. The zero-order valence-electron chi connectivity index (χ0n) is 64.1. The van der Waals surface area contributed by atoms with Gasteiger partial charge in [-0.1, -0.05) is 64.8 Å². The Bertz CT molecular complexity index is 3760. The molecule has 0 unspecified atom stereocenters. The molecule has 0 spiro atoms. The highest BCUT2D eigenvalue weighted by molar-refractivity contribution is 6.01. The fourth-order valence-electron chi connectivity index (χ4n) is 11.4. The first kappa shape index (κ1) is 95.9. The van der Waals surface area contributed by atoms with Crippen LogP contribution in [0.25, 0.3) is 0 Å². The average Bonchev–Trinajstić information content (AvgIpc) is 1.60. The number of primary amides is 3. The van der Waals surface area contributed by atoms with Crippen molar-refractivity contribution in [1.29, 1.82) is 5.41 Å². The number of aliphatic hydroxyl groups excluding tert-OH is 1. The monoisotopic (exact) mass is 1610 g/mol. The van der Waals surface area contributed by atoms with Crippen LogP contribution in [0.15, 0.2) is 48.5 Å². The molecule has 0 saturated carbocycles. The third kappa shape index (κ3) is 33.3. The molecule has 43 heteroatoms. The van der Waals surface area contributed by atoms with Gasteiger partial charge in [0.15, 0.2) is 5.96 Å². The fraction of sp³-hybridized carbons (Fsp3) is 0.563. The number of carboxylic acid groups (broad SMARTS) is 2. The van der Waals surface area contributed by atoms with Gasteiger partial charge in [-0.25, -0.2) is 0 Å². The van der Waals surface area contributed by atoms with Crippen LogP contribution in [0.4, 0.5) is 0 Å². The first-order valence-electron chi connectivity index (χ1n) is 36.8. The Morgan fingerprint density at radius 1 is 0.482 bits per heavy atom. The van der Waals surface area contributed by atoms with Gasteiger partial charge in [0.25, 0.3) is 0 Å². The van der Waals surface area contributed by atoms with Crippen molar-refractivity contribution in [2.45, 2.75) is 216 Å². The minimum Gasteiger partial charge on any atom is -0.508 e. The van der Waals surface area contributed by atoms with Crippen molar-refractivity contribution < 1.29 is 112 Å². The van der Waals surface area contributed by atoms with E-state index in [1.54, 1.807) is 20.8 Å². The summed E-state index contributed by atoms with van der Waals surface area (Å²) in [6.45, 7) is 6.69. The van der Waals surface area contributed by atoms with E-state index in [-0.39, 0.29) is 68.7 Å². The molecule has 0 radical (unpaired) electrons. The number of carbonyl (C=O) groups is 18. The van der Waals surface area contributed by atoms with Gasteiger partial charge in [0.1, 0.15) is 84.0 Å². The Kier molecular flexibility index (Phi) is 40.2. The summed E-state index contributed by atoms with van der Waals surface area (Å²) >= 11 is 0. The lowest BCUT2D eigenvalue weighted by Gasteiger charge is -2.33. The Balaban J connectivity index is 1.93. The molecule has 2 aromatic carbocycles. The number of hydrogen-bond acceptors (Lipinski definition) is 23. The highest BCUT2D eigenvalue weighted by atomic mass is 16.4. The van der Waals surface area contributed by atoms with Crippen molar-refractivity contribution >= 4 is 112 Å². The molecule has 1 fully saturated rings. The van der Waals surface area contributed by atoms with Crippen LogP contribution in [0, 0.1) is 17.2 Å². The van der Waals surface area contributed by atoms with Crippen molar-refractivity contribution in [1.82, 2.24) is 74.0 Å². The number of aromatic hydroxyl groups is 2. The highest BCUT2D eigenvalue weighted by Crippen LogP contribution is 2.23. The maximum Gasteiger partial charge on any atom is 0.325 e. The van der Waals surface area contributed by atoms with Crippen LogP contribution in [0.1, 0.15) is 136 Å². The molecular formula is C71H108N20O23. The molecule has 0 aromatic heterocycles.